The number of rotatable bonds is 7. The molecule has 0 fully saturated rings. The van der Waals surface area contributed by atoms with Crippen LogP contribution in [0.15, 0.2) is 48.8 Å². The van der Waals surface area contributed by atoms with Gasteiger partial charge in [-0.25, -0.2) is 4.79 Å². The van der Waals surface area contributed by atoms with Gasteiger partial charge in [0.1, 0.15) is 5.75 Å². The van der Waals surface area contributed by atoms with Crippen molar-refractivity contribution in [1.29, 1.82) is 0 Å². The fourth-order valence-corrected chi connectivity index (χ4v) is 2.20. The highest BCUT2D eigenvalue weighted by atomic mass is 16.5. The van der Waals surface area contributed by atoms with Crippen molar-refractivity contribution < 1.29 is 9.53 Å². The third kappa shape index (κ3) is 5.29. The molecule has 5 nitrogen and oxygen atoms in total. The Labute approximate surface area is 137 Å². The van der Waals surface area contributed by atoms with E-state index >= 15 is 0 Å². The molecule has 0 saturated heterocycles. The molecule has 2 aromatic rings. The molecular formula is C18H23N3O2. The lowest BCUT2D eigenvalue weighted by Gasteiger charge is -2.23. The summed E-state index contributed by atoms with van der Waals surface area (Å²) in [6.45, 7) is 3.80. The van der Waals surface area contributed by atoms with Crippen molar-refractivity contribution in [2.24, 2.45) is 0 Å². The number of ether oxygens (including phenoxy) is 1. The van der Waals surface area contributed by atoms with Gasteiger partial charge in [-0.1, -0.05) is 19.1 Å². The van der Waals surface area contributed by atoms with Gasteiger partial charge in [0.05, 0.1) is 7.11 Å². The van der Waals surface area contributed by atoms with Gasteiger partial charge in [-0.15, -0.1) is 0 Å². The molecule has 0 bridgehead atoms. The van der Waals surface area contributed by atoms with Crippen LogP contribution in [0.3, 0.4) is 0 Å². The molecule has 1 N–H and O–H groups in total. The number of amides is 2. The summed E-state index contributed by atoms with van der Waals surface area (Å²) in [5.74, 6) is 0.810. The van der Waals surface area contributed by atoms with Crippen molar-refractivity contribution >= 4 is 6.03 Å². The first-order valence-electron chi connectivity index (χ1n) is 7.77. The Balaban J connectivity index is 2.09. The van der Waals surface area contributed by atoms with E-state index in [0.717, 1.165) is 23.3 Å². The van der Waals surface area contributed by atoms with E-state index in [1.165, 1.54) is 0 Å². The average Bonchev–Trinajstić information content (AvgIpc) is 2.60. The number of carbonyl (C=O) groups is 1. The summed E-state index contributed by atoms with van der Waals surface area (Å²) in [6.07, 6.45) is 4.40. The van der Waals surface area contributed by atoms with Gasteiger partial charge in [-0.05, 0) is 41.8 Å². The number of carbonyl (C=O) groups excluding carboxylic acids is 1. The summed E-state index contributed by atoms with van der Waals surface area (Å²) >= 11 is 0. The molecule has 0 saturated carbocycles. The Morgan fingerprint density at radius 2 is 1.70 bits per heavy atom. The first kappa shape index (κ1) is 16.8. The summed E-state index contributed by atoms with van der Waals surface area (Å²) in [6, 6.07) is 11.6. The van der Waals surface area contributed by atoms with Crippen LogP contribution in [0.1, 0.15) is 24.5 Å². The zero-order chi connectivity index (χ0) is 16.5. The minimum absolute atomic E-state index is 0.0560. The number of methoxy groups -OCH3 is 1. The highest BCUT2D eigenvalue weighted by Crippen LogP contribution is 2.14. The number of hydrogen-bond donors (Lipinski definition) is 1. The van der Waals surface area contributed by atoms with Gasteiger partial charge in [-0.2, -0.15) is 0 Å². The molecule has 0 aliphatic rings. The predicted octanol–water partition coefficient (Wildman–Crippen LogP) is 3.21. The number of aromatic nitrogens is 1. The number of nitrogens with one attached hydrogen (secondary N) is 1. The number of urea groups is 1. The van der Waals surface area contributed by atoms with Crippen LogP contribution in [-0.2, 0) is 13.1 Å². The monoisotopic (exact) mass is 313 g/mol. The molecule has 0 aliphatic heterocycles. The maximum atomic E-state index is 12.4. The largest absolute Gasteiger partial charge is 0.497 e. The first-order chi connectivity index (χ1) is 11.2. The average molecular weight is 313 g/mol. The van der Waals surface area contributed by atoms with Crippen molar-refractivity contribution in [3.63, 3.8) is 0 Å². The highest BCUT2D eigenvalue weighted by Gasteiger charge is 2.14. The second-order valence-corrected chi connectivity index (χ2v) is 5.29. The van der Waals surface area contributed by atoms with Crippen LogP contribution in [0.2, 0.25) is 0 Å². The van der Waals surface area contributed by atoms with E-state index in [2.05, 4.69) is 10.3 Å². The molecule has 0 unspecified atom stereocenters. The molecule has 0 spiro atoms. The Morgan fingerprint density at radius 3 is 2.26 bits per heavy atom. The Hall–Kier alpha value is -2.56. The van der Waals surface area contributed by atoms with Gasteiger partial charge >= 0.3 is 6.03 Å². The predicted molar refractivity (Wildman–Crippen MR) is 90.2 cm³/mol. The van der Waals surface area contributed by atoms with E-state index in [9.17, 15) is 4.79 Å². The smallest absolute Gasteiger partial charge is 0.318 e. The minimum atomic E-state index is -0.0560. The third-order valence-electron chi connectivity index (χ3n) is 3.47. The highest BCUT2D eigenvalue weighted by molar-refractivity contribution is 5.74. The molecule has 0 aliphatic carbocycles. The number of hydrogen-bond acceptors (Lipinski definition) is 3. The summed E-state index contributed by atoms with van der Waals surface area (Å²) in [5.41, 5.74) is 2.12. The summed E-state index contributed by atoms with van der Waals surface area (Å²) in [4.78, 5) is 18.2. The second-order valence-electron chi connectivity index (χ2n) is 5.29. The summed E-state index contributed by atoms with van der Waals surface area (Å²) in [7, 11) is 1.64. The molecule has 5 heteroatoms. The summed E-state index contributed by atoms with van der Waals surface area (Å²) < 4.78 is 5.17. The zero-order valence-electron chi connectivity index (χ0n) is 13.7. The molecule has 1 aromatic carbocycles. The molecule has 23 heavy (non-hydrogen) atoms. The van der Waals surface area contributed by atoms with Gasteiger partial charge < -0.3 is 15.0 Å². The van der Waals surface area contributed by atoms with Crippen molar-refractivity contribution in [3.8, 4) is 5.75 Å². The van der Waals surface area contributed by atoms with Crippen LogP contribution < -0.4 is 10.1 Å². The van der Waals surface area contributed by atoms with E-state index in [4.69, 9.17) is 4.74 Å². The van der Waals surface area contributed by atoms with E-state index in [1.807, 2.05) is 43.3 Å². The minimum Gasteiger partial charge on any atom is -0.497 e. The van der Waals surface area contributed by atoms with Gasteiger partial charge in [0, 0.05) is 32.0 Å². The molecule has 1 aromatic heterocycles. The van der Waals surface area contributed by atoms with Crippen LogP contribution in [0.25, 0.3) is 0 Å². The lowest BCUT2D eigenvalue weighted by Crippen LogP contribution is -2.39. The van der Waals surface area contributed by atoms with Crippen molar-refractivity contribution in [2.75, 3.05) is 13.7 Å². The maximum absolute atomic E-state index is 12.4. The SMILES string of the molecule is CCCNC(=O)N(Cc1ccncc1)Cc1ccc(OC)cc1. The zero-order valence-corrected chi connectivity index (χ0v) is 13.7. The van der Waals surface area contributed by atoms with Crippen LogP contribution >= 0.6 is 0 Å². The van der Waals surface area contributed by atoms with E-state index in [0.29, 0.717) is 19.6 Å². The fraction of sp³-hybridized carbons (Fsp3) is 0.333. The van der Waals surface area contributed by atoms with Crippen molar-refractivity contribution in [2.45, 2.75) is 26.4 Å². The van der Waals surface area contributed by atoms with Gasteiger partial charge in [0.2, 0.25) is 0 Å². The molecule has 0 radical (unpaired) electrons. The number of pyridine rings is 1. The van der Waals surface area contributed by atoms with Crippen LogP contribution in [0, 0.1) is 0 Å². The Bertz CT molecular complexity index is 599. The molecule has 122 valence electrons. The molecule has 1 heterocycles. The van der Waals surface area contributed by atoms with Crippen LogP contribution in [0.4, 0.5) is 4.79 Å². The van der Waals surface area contributed by atoms with Crippen molar-refractivity contribution in [1.82, 2.24) is 15.2 Å². The number of benzene rings is 1. The second kappa shape index (κ2) is 8.78. The van der Waals surface area contributed by atoms with E-state index in [1.54, 1.807) is 24.4 Å². The van der Waals surface area contributed by atoms with Crippen molar-refractivity contribution in [3.05, 3.63) is 59.9 Å². The lowest BCUT2D eigenvalue weighted by atomic mass is 10.2. The fourth-order valence-electron chi connectivity index (χ4n) is 2.20. The normalized spacial score (nSPS) is 10.2. The summed E-state index contributed by atoms with van der Waals surface area (Å²) in [5, 5.41) is 2.94. The topological polar surface area (TPSA) is 54.5 Å². The maximum Gasteiger partial charge on any atom is 0.318 e. The van der Waals surface area contributed by atoms with Crippen LogP contribution in [-0.4, -0.2) is 29.6 Å². The van der Waals surface area contributed by atoms with Gasteiger partial charge in [-0.3, -0.25) is 4.98 Å². The lowest BCUT2D eigenvalue weighted by molar-refractivity contribution is 0.192. The Morgan fingerprint density at radius 1 is 1.09 bits per heavy atom. The molecule has 2 amide bonds. The number of nitrogens with zero attached hydrogens (tertiary/aromatic N) is 2. The molecular weight excluding hydrogens is 290 g/mol. The van der Waals surface area contributed by atoms with E-state index in [-0.39, 0.29) is 6.03 Å². The third-order valence-corrected chi connectivity index (χ3v) is 3.47. The Kier molecular flexibility index (Phi) is 6.41. The first-order valence-corrected chi connectivity index (χ1v) is 7.77. The van der Waals surface area contributed by atoms with E-state index < -0.39 is 0 Å². The van der Waals surface area contributed by atoms with Crippen LogP contribution in [0.5, 0.6) is 5.75 Å². The molecule has 2 rings (SSSR count). The van der Waals surface area contributed by atoms with Gasteiger partial charge in [0.25, 0.3) is 0 Å². The quantitative estimate of drug-likeness (QED) is 0.854. The van der Waals surface area contributed by atoms with Gasteiger partial charge in [0.15, 0.2) is 0 Å². The molecule has 0 atom stereocenters. The standard InChI is InChI=1S/C18H23N3O2/c1-3-10-20-18(22)21(14-16-8-11-19-12-9-16)13-15-4-6-17(23-2)7-5-15/h4-9,11-12H,3,10,13-14H2,1-2H3,(H,20,22).